The summed E-state index contributed by atoms with van der Waals surface area (Å²) >= 11 is 6.06. The molecule has 1 aliphatic rings. The van der Waals surface area contributed by atoms with E-state index in [0.29, 0.717) is 0 Å². The molecule has 0 bridgehead atoms. The van der Waals surface area contributed by atoms with Gasteiger partial charge in [-0.3, -0.25) is 0 Å². The van der Waals surface area contributed by atoms with Gasteiger partial charge in [-0.05, 0) is 30.5 Å². The average Bonchev–Trinajstić information content (AvgIpc) is 2.27. The van der Waals surface area contributed by atoms with Crippen molar-refractivity contribution >= 4 is 11.6 Å². The first kappa shape index (κ1) is 12.9. The van der Waals surface area contributed by atoms with E-state index in [9.17, 15) is 0 Å². The van der Waals surface area contributed by atoms with Crippen molar-refractivity contribution in [2.24, 2.45) is 0 Å². The molecule has 1 fully saturated rings. The van der Waals surface area contributed by atoms with Crippen molar-refractivity contribution in [3.63, 3.8) is 0 Å². The lowest BCUT2D eigenvalue weighted by Crippen LogP contribution is -2.57. The maximum Gasteiger partial charge on any atom is 0.0475 e. The van der Waals surface area contributed by atoms with Gasteiger partial charge in [-0.1, -0.05) is 30.7 Å². The average molecular weight is 254 g/mol. The van der Waals surface area contributed by atoms with E-state index in [1.165, 1.54) is 5.56 Å². The van der Waals surface area contributed by atoms with Crippen molar-refractivity contribution in [3.8, 4) is 0 Å². The van der Waals surface area contributed by atoms with Crippen molar-refractivity contribution in [1.82, 2.24) is 5.32 Å². The lowest BCUT2D eigenvalue weighted by atomic mass is 9.73. The maximum atomic E-state index is 6.06. The topological polar surface area (TPSA) is 21.3 Å². The van der Waals surface area contributed by atoms with Gasteiger partial charge in [-0.15, -0.1) is 0 Å². The zero-order valence-electron chi connectivity index (χ0n) is 10.3. The fourth-order valence-electron chi connectivity index (χ4n) is 2.28. The molecule has 2 nitrogen and oxygen atoms in total. The van der Waals surface area contributed by atoms with Gasteiger partial charge in [-0.25, -0.2) is 0 Å². The third-order valence-electron chi connectivity index (χ3n) is 3.44. The van der Waals surface area contributed by atoms with Crippen LogP contribution in [0.25, 0.3) is 0 Å². The summed E-state index contributed by atoms with van der Waals surface area (Å²) in [5, 5.41) is 4.18. The molecule has 2 rings (SSSR count). The Hall–Kier alpha value is -0.570. The summed E-state index contributed by atoms with van der Waals surface area (Å²) in [6.45, 7) is 5.89. The highest BCUT2D eigenvalue weighted by Crippen LogP contribution is 2.33. The molecule has 0 atom stereocenters. The summed E-state index contributed by atoms with van der Waals surface area (Å²) in [5.74, 6) is 0. The maximum absolute atomic E-state index is 6.06. The zero-order valence-corrected chi connectivity index (χ0v) is 11.1. The number of hydrogen-bond acceptors (Lipinski definition) is 2. The highest BCUT2D eigenvalue weighted by molar-refractivity contribution is 6.30. The summed E-state index contributed by atoms with van der Waals surface area (Å²) in [5.41, 5.74) is 1.57. The smallest absolute Gasteiger partial charge is 0.0475 e. The summed E-state index contributed by atoms with van der Waals surface area (Å²) in [4.78, 5) is 0. The Balaban J connectivity index is 1.99. The second-order valence-electron chi connectivity index (χ2n) is 4.76. The van der Waals surface area contributed by atoms with Crippen LogP contribution in [0.2, 0.25) is 5.02 Å². The second-order valence-corrected chi connectivity index (χ2v) is 5.19. The first-order chi connectivity index (χ1) is 8.27. The minimum Gasteiger partial charge on any atom is -0.381 e. The Kier molecular flexibility index (Phi) is 4.43. The molecular weight excluding hydrogens is 234 g/mol. The van der Waals surface area contributed by atoms with E-state index in [-0.39, 0.29) is 5.41 Å². The standard InChI is InChI=1S/C14H20ClNO/c1-2-7-17-8-6-14(10-16-11-14)12-4-3-5-13(15)9-12/h3-5,9,16H,2,6-8,10-11H2,1H3. The third kappa shape index (κ3) is 3.01. The minimum absolute atomic E-state index is 0.235. The molecule has 0 aliphatic carbocycles. The fourth-order valence-corrected chi connectivity index (χ4v) is 2.47. The Bertz CT molecular complexity index is 363. The molecule has 0 amide bonds. The number of halogens is 1. The molecule has 0 saturated carbocycles. The normalized spacial score (nSPS) is 17.8. The first-order valence-corrected chi connectivity index (χ1v) is 6.69. The predicted octanol–water partition coefficient (Wildman–Crippen LogP) is 3.00. The molecular formula is C14H20ClNO. The van der Waals surface area contributed by atoms with Crippen LogP contribution < -0.4 is 5.32 Å². The van der Waals surface area contributed by atoms with Crippen molar-refractivity contribution in [3.05, 3.63) is 34.9 Å². The lowest BCUT2D eigenvalue weighted by Gasteiger charge is -2.43. The molecule has 0 spiro atoms. The molecule has 17 heavy (non-hydrogen) atoms. The van der Waals surface area contributed by atoms with E-state index in [1.54, 1.807) is 0 Å². The first-order valence-electron chi connectivity index (χ1n) is 6.31. The monoisotopic (exact) mass is 253 g/mol. The quantitative estimate of drug-likeness (QED) is 0.787. The van der Waals surface area contributed by atoms with Gasteiger partial charge in [-0.2, -0.15) is 0 Å². The van der Waals surface area contributed by atoms with Crippen molar-refractivity contribution in [2.75, 3.05) is 26.3 Å². The van der Waals surface area contributed by atoms with Crippen LogP contribution in [0, 0.1) is 0 Å². The minimum atomic E-state index is 0.235. The fraction of sp³-hybridized carbons (Fsp3) is 0.571. The Morgan fingerprint density at radius 2 is 2.18 bits per heavy atom. The number of benzene rings is 1. The van der Waals surface area contributed by atoms with Gasteiger partial charge in [0.05, 0.1) is 0 Å². The van der Waals surface area contributed by atoms with Crippen molar-refractivity contribution in [1.29, 1.82) is 0 Å². The van der Waals surface area contributed by atoms with Crippen LogP contribution >= 0.6 is 11.6 Å². The molecule has 0 unspecified atom stereocenters. The van der Waals surface area contributed by atoms with E-state index >= 15 is 0 Å². The molecule has 0 radical (unpaired) electrons. The van der Waals surface area contributed by atoms with Gasteiger partial charge >= 0.3 is 0 Å². The Labute approximate surface area is 108 Å². The Morgan fingerprint density at radius 3 is 2.76 bits per heavy atom. The van der Waals surface area contributed by atoms with Gasteiger partial charge in [0, 0.05) is 36.7 Å². The van der Waals surface area contributed by atoms with Gasteiger partial charge in [0.25, 0.3) is 0 Å². The number of ether oxygens (including phenoxy) is 1. The molecule has 1 saturated heterocycles. The molecule has 1 heterocycles. The molecule has 1 N–H and O–H groups in total. The summed E-state index contributed by atoms with van der Waals surface area (Å²) < 4.78 is 5.61. The molecule has 1 aliphatic heterocycles. The van der Waals surface area contributed by atoms with E-state index < -0.39 is 0 Å². The van der Waals surface area contributed by atoms with Crippen LogP contribution in [0.5, 0.6) is 0 Å². The van der Waals surface area contributed by atoms with Crippen LogP contribution in [-0.4, -0.2) is 26.3 Å². The third-order valence-corrected chi connectivity index (χ3v) is 3.67. The van der Waals surface area contributed by atoms with Crippen molar-refractivity contribution in [2.45, 2.75) is 25.2 Å². The highest BCUT2D eigenvalue weighted by atomic mass is 35.5. The van der Waals surface area contributed by atoms with E-state index in [4.69, 9.17) is 16.3 Å². The second kappa shape index (κ2) is 5.85. The summed E-state index contributed by atoms with van der Waals surface area (Å²) in [7, 11) is 0. The van der Waals surface area contributed by atoms with Gasteiger partial charge in [0.2, 0.25) is 0 Å². The van der Waals surface area contributed by atoms with Crippen molar-refractivity contribution < 1.29 is 4.74 Å². The van der Waals surface area contributed by atoms with Crippen LogP contribution in [0.1, 0.15) is 25.3 Å². The number of nitrogens with one attached hydrogen (secondary N) is 1. The van der Waals surface area contributed by atoms with E-state index in [2.05, 4.69) is 24.4 Å². The predicted molar refractivity (Wildman–Crippen MR) is 71.7 cm³/mol. The summed E-state index contributed by atoms with van der Waals surface area (Å²) in [6, 6.07) is 8.22. The number of hydrogen-bond donors (Lipinski definition) is 1. The molecule has 0 aromatic heterocycles. The number of rotatable bonds is 6. The van der Waals surface area contributed by atoms with Gasteiger partial charge in [0.1, 0.15) is 0 Å². The molecule has 1 aromatic carbocycles. The van der Waals surface area contributed by atoms with Crippen LogP contribution in [0.3, 0.4) is 0 Å². The van der Waals surface area contributed by atoms with E-state index in [1.807, 2.05) is 12.1 Å². The molecule has 3 heteroatoms. The lowest BCUT2D eigenvalue weighted by molar-refractivity contribution is 0.0997. The Morgan fingerprint density at radius 1 is 1.35 bits per heavy atom. The molecule has 1 aromatic rings. The van der Waals surface area contributed by atoms with Crippen LogP contribution in [0.4, 0.5) is 0 Å². The van der Waals surface area contributed by atoms with Gasteiger partial charge in [0.15, 0.2) is 0 Å². The van der Waals surface area contributed by atoms with Gasteiger partial charge < -0.3 is 10.1 Å². The highest BCUT2D eigenvalue weighted by Gasteiger charge is 2.38. The summed E-state index contributed by atoms with van der Waals surface area (Å²) in [6.07, 6.45) is 2.16. The van der Waals surface area contributed by atoms with Crippen LogP contribution in [-0.2, 0) is 10.2 Å². The SMILES string of the molecule is CCCOCCC1(c2cccc(Cl)c2)CNC1. The van der Waals surface area contributed by atoms with E-state index in [0.717, 1.165) is 44.2 Å². The molecule has 94 valence electrons. The van der Waals surface area contributed by atoms with Crippen LogP contribution in [0.15, 0.2) is 24.3 Å². The zero-order chi connectivity index (χ0) is 12.1. The largest absolute Gasteiger partial charge is 0.381 e.